The van der Waals surface area contributed by atoms with Crippen LogP contribution in [0.25, 0.3) is 11.3 Å². The number of aromatic nitrogens is 1. The Labute approximate surface area is 129 Å². The number of pyridine rings is 1. The number of carbonyl (C=O) groups is 1. The molecule has 1 aromatic carbocycles. The SMILES string of the molecule is N#CN(C(=O)C1CCNC1)c1ccc(-c2ccccc2)nc1. The number of nitrogens with one attached hydrogen (secondary N) is 1. The number of benzene rings is 1. The van der Waals surface area contributed by atoms with E-state index in [4.69, 9.17) is 0 Å². The summed E-state index contributed by atoms with van der Waals surface area (Å²) in [6, 6.07) is 13.4. The van der Waals surface area contributed by atoms with Crippen molar-refractivity contribution in [3.63, 3.8) is 0 Å². The third kappa shape index (κ3) is 2.83. The van der Waals surface area contributed by atoms with Crippen molar-refractivity contribution in [2.24, 2.45) is 5.92 Å². The van der Waals surface area contributed by atoms with Crippen molar-refractivity contribution in [2.45, 2.75) is 6.42 Å². The van der Waals surface area contributed by atoms with E-state index in [0.717, 1.165) is 29.1 Å². The molecule has 1 aromatic heterocycles. The van der Waals surface area contributed by atoms with E-state index in [1.54, 1.807) is 12.3 Å². The molecule has 5 nitrogen and oxygen atoms in total. The predicted octanol–water partition coefficient (Wildman–Crippen LogP) is 2.17. The van der Waals surface area contributed by atoms with Gasteiger partial charge in [-0.2, -0.15) is 5.26 Å². The minimum absolute atomic E-state index is 0.131. The van der Waals surface area contributed by atoms with Gasteiger partial charge >= 0.3 is 0 Å². The second-order valence-corrected chi connectivity index (χ2v) is 5.23. The third-order valence-electron chi connectivity index (χ3n) is 3.81. The van der Waals surface area contributed by atoms with Crippen molar-refractivity contribution in [1.29, 1.82) is 5.26 Å². The Morgan fingerprint density at radius 2 is 2.09 bits per heavy atom. The minimum atomic E-state index is -0.165. The lowest BCUT2D eigenvalue weighted by molar-refractivity contribution is -0.121. The summed E-state index contributed by atoms with van der Waals surface area (Å²) in [4.78, 5) is 17.9. The van der Waals surface area contributed by atoms with Crippen LogP contribution < -0.4 is 10.2 Å². The van der Waals surface area contributed by atoms with Gasteiger partial charge in [-0.25, -0.2) is 4.90 Å². The second-order valence-electron chi connectivity index (χ2n) is 5.23. The highest BCUT2D eigenvalue weighted by molar-refractivity contribution is 5.97. The van der Waals surface area contributed by atoms with Gasteiger partial charge in [-0.1, -0.05) is 30.3 Å². The molecule has 1 N–H and O–H groups in total. The molecule has 1 aliphatic rings. The molecule has 1 saturated heterocycles. The van der Waals surface area contributed by atoms with Gasteiger partial charge in [0.15, 0.2) is 6.19 Å². The lowest BCUT2D eigenvalue weighted by atomic mass is 10.1. The second kappa shape index (κ2) is 6.37. The molecule has 1 atom stereocenters. The number of nitriles is 1. The molecule has 0 spiro atoms. The van der Waals surface area contributed by atoms with E-state index >= 15 is 0 Å². The first-order valence-electron chi connectivity index (χ1n) is 7.25. The number of hydrogen-bond donors (Lipinski definition) is 1. The standard InChI is InChI=1S/C17H16N4O/c18-12-21(17(22)14-8-9-19-10-14)15-6-7-16(20-11-15)13-4-2-1-3-5-13/h1-7,11,14,19H,8-10H2. The molecule has 2 heterocycles. The highest BCUT2D eigenvalue weighted by atomic mass is 16.2. The van der Waals surface area contributed by atoms with E-state index in [-0.39, 0.29) is 11.8 Å². The fourth-order valence-corrected chi connectivity index (χ4v) is 2.58. The number of amides is 1. The minimum Gasteiger partial charge on any atom is -0.316 e. The summed E-state index contributed by atoms with van der Waals surface area (Å²) in [6.07, 6.45) is 4.32. The van der Waals surface area contributed by atoms with Gasteiger partial charge < -0.3 is 5.32 Å². The van der Waals surface area contributed by atoms with Crippen LogP contribution in [0.2, 0.25) is 0 Å². The topological polar surface area (TPSA) is 69.0 Å². The number of anilines is 1. The molecule has 5 heteroatoms. The molecule has 3 rings (SSSR count). The number of nitrogens with zero attached hydrogens (tertiary/aromatic N) is 3. The first-order valence-corrected chi connectivity index (χ1v) is 7.25. The van der Waals surface area contributed by atoms with Crippen LogP contribution >= 0.6 is 0 Å². The van der Waals surface area contributed by atoms with Crippen molar-refractivity contribution in [3.8, 4) is 17.5 Å². The average Bonchev–Trinajstić information content (AvgIpc) is 3.11. The summed E-state index contributed by atoms with van der Waals surface area (Å²) in [7, 11) is 0. The molecular weight excluding hydrogens is 276 g/mol. The highest BCUT2D eigenvalue weighted by Crippen LogP contribution is 2.22. The van der Waals surface area contributed by atoms with Crippen molar-refractivity contribution < 1.29 is 4.79 Å². The van der Waals surface area contributed by atoms with Crippen molar-refractivity contribution in [3.05, 3.63) is 48.7 Å². The molecule has 1 aliphatic heterocycles. The zero-order chi connectivity index (χ0) is 15.4. The maximum absolute atomic E-state index is 12.4. The first kappa shape index (κ1) is 14.2. The van der Waals surface area contributed by atoms with Gasteiger partial charge in [0.25, 0.3) is 0 Å². The van der Waals surface area contributed by atoms with E-state index < -0.39 is 0 Å². The predicted molar refractivity (Wildman–Crippen MR) is 83.7 cm³/mol. The first-order chi connectivity index (χ1) is 10.8. The average molecular weight is 292 g/mol. The highest BCUT2D eigenvalue weighted by Gasteiger charge is 2.28. The number of hydrogen-bond acceptors (Lipinski definition) is 4. The smallest absolute Gasteiger partial charge is 0.244 e. The monoisotopic (exact) mass is 292 g/mol. The summed E-state index contributed by atoms with van der Waals surface area (Å²) in [5, 5.41) is 12.4. The summed E-state index contributed by atoms with van der Waals surface area (Å²) in [5.74, 6) is -0.296. The van der Waals surface area contributed by atoms with Gasteiger partial charge in [-0.15, -0.1) is 0 Å². The van der Waals surface area contributed by atoms with Gasteiger partial charge in [-0.3, -0.25) is 9.78 Å². The molecule has 0 radical (unpaired) electrons. The van der Waals surface area contributed by atoms with E-state index in [9.17, 15) is 10.1 Å². The Kier molecular flexibility index (Phi) is 4.12. The van der Waals surface area contributed by atoms with Crippen LogP contribution in [0, 0.1) is 17.4 Å². The van der Waals surface area contributed by atoms with Crippen molar-refractivity contribution in [1.82, 2.24) is 10.3 Å². The largest absolute Gasteiger partial charge is 0.316 e. The Morgan fingerprint density at radius 3 is 2.68 bits per heavy atom. The molecule has 1 amide bonds. The Bertz CT molecular complexity index is 685. The van der Waals surface area contributed by atoms with E-state index in [2.05, 4.69) is 10.3 Å². The normalized spacial score (nSPS) is 17.0. The summed E-state index contributed by atoms with van der Waals surface area (Å²) in [6.45, 7) is 1.45. The molecule has 1 fully saturated rings. The Hall–Kier alpha value is -2.71. The van der Waals surface area contributed by atoms with Crippen molar-refractivity contribution in [2.75, 3.05) is 18.0 Å². The van der Waals surface area contributed by atoms with E-state index in [0.29, 0.717) is 12.2 Å². The number of carbonyl (C=O) groups excluding carboxylic acids is 1. The summed E-state index contributed by atoms with van der Waals surface area (Å²) in [5.41, 5.74) is 2.33. The zero-order valence-electron chi connectivity index (χ0n) is 12.1. The van der Waals surface area contributed by atoms with Crippen LogP contribution in [0.15, 0.2) is 48.7 Å². The summed E-state index contributed by atoms with van der Waals surface area (Å²) >= 11 is 0. The Balaban J connectivity index is 1.82. The number of rotatable bonds is 3. The molecule has 1 unspecified atom stereocenters. The van der Waals surface area contributed by atoms with E-state index in [1.807, 2.05) is 42.6 Å². The zero-order valence-corrected chi connectivity index (χ0v) is 12.1. The lowest BCUT2D eigenvalue weighted by Gasteiger charge is -2.17. The maximum atomic E-state index is 12.4. The van der Waals surface area contributed by atoms with Crippen LogP contribution in [0.4, 0.5) is 5.69 Å². The van der Waals surface area contributed by atoms with Crippen molar-refractivity contribution >= 4 is 11.6 Å². The Morgan fingerprint density at radius 1 is 1.27 bits per heavy atom. The molecular formula is C17H16N4O. The third-order valence-corrected chi connectivity index (χ3v) is 3.81. The maximum Gasteiger partial charge on any atom is 0.244 e. The van der Waals surface area contributed by atoms with Gasteiger partial charge in [-0.05, 0) is 25.1 Å². The van der Waals surface area contributed by atoms with Gasteiger partial charge in [0.2, 0.25) is 5.91 Å². The molecule has 0 aliphatic carbocycles. The van der Waals surface area contributed by atoms with E-state index in [1.165, 1.54) is 0 Å². The molecule has 110 valence electrons. The molecule has 0 saturated carbocycles. The lowest BCUT2D eigenvalue weighted by Crippen LogP contribution is -2.33. The quantitative estimate of drug-likeness (QED) is 0.695. The fourth-order valence-electron chi connectivity index (χ4n) is 2.58. The van der Waals surface area contributed by atoms with Gasteiger partial charge in [0.05, 0.1) is 23.5 Å². The van der Waals surface area contributed by atoms with Crippen LogP contribution in [0.1, 0.15) is 6.42 Å². The van der Waals surface area contributed by atoms with Crippen LogP contribution in [0.5, 0.6) is 0 Å². The van der Waals surface area contributed by atoms with Crippen LogP contribution in [0.3, 0.4) is 0 Å². The van der Waals surface area contributed by atoms with Gasteiger partial charge in [0.1, 0.15) is 0 Å². The molecule has 0 bridgehead atoms. The van der Waals surface area contributed by atoms with Crippen LogP contribution in [-0.4, -0.2) is 24.0 Å². The van der Waals surface area contributed by atoms with Crippen LogP contribution in [-0.2, 0) is 4.79 Å². The molecule has 22 heavy (non-hydrogen) atoms. The molecule has 2 aromatic rings. The fraction of sp³-hybridized carbons (Fsp3) is 0.235. The van der Waals surface area contributed by atoms with Gasteiger partial charge in [0, 0.05) is 12.1 Å². The summed E-state index contributed by atoms with van der Waals surface area (Å²) < 4.78 is 0.